The molecule has 0 spiro atoms. The molecule has 1 saturated heterocycles. The van der Waals surface area contributed by atoms with Gasteiger partial charge in [-0.3, -0.25) is 4.79 Å². The molecule has 0 N–H and O–H groups in total. The zero-order chi connectivity index (χ0) is 21.4. The molecule has 3 heterocycles. The maximum Gasteiger partial charge on any atom is 0.258 e. The predicted octanol–water partition coefficient (Wildman–Crippen LogP) is 3.00. The standard InChI is InChI=1S/C22H21N3O6/c1-27-16-4-6-17(28-2)14(7-16)10-25-11-15(9-20(25)26)21-23-22(31-24-21)13-3-5-18-19(8-13)30-12-29-18/h3-8,15H,9-12H2,1-2H3. The number of hydrogen-bond acceptors (Lipinski definition) is 8. The van der Waals surface area contributed by atoms with Gasteiger partial charge in [0.1, 0.15) is 11.5 Å². The van der Waals surface area contributed by atoms with Crippen LogP contribution in [0.2, 0.25) is 0 Å². The number of rotatable bonds is 6. The van der Waals surface area contributed by atoms with Crippen molar-refractivity contribution in [3.8, 4) is 34.5 Å². The minimum Gasteiger partial charge on any atom is -0.497 e. The highest BCUT2D eigenvalue weighted by Gasteiger charge is 2.34. The van der Waals surface area contributed by atoms with Gasteiger partial charge in [-0.25, -0.2) is 0 Å². The Hall–Kier alpha value is -3.75. The lowest BCUT2D eigenvalue weighted by molar-refractivity contribution is -0.128. The zero-order valence-electron chi connectivity index (χ0n) is 17.2. The Balaban J connectivity index is 1.32. The number of carbonyl (C=O) groups is 1. The molecule has 1 amide bonds. The summed E-state index contributed by atoms with van der Waals surface area (Å²) in [4.78, 5) is 19.0. The fourth-order valence-corrected chi connectivity index (χ4v) is 3.86. The lowest BCUT2D eigenvalue weighted by atomic mass is 10.1. The Morgan fingerprint density at radius 3 is 2.81 bits per heavy atom. The van der Waals surface area contributed by atoms with E-state index in [9.17, 15) is 4.79 Å². The number of aromatic nitrogens is 2. The summed E-state index contributed by atoms with van der Waals surface area (Å²) in [5, 5.41) is 4.12. The van der Waals surface area contributed by atoms with E-state index < -0.39 is 0 Å². The first kappa shape index (κ1) is 19.2. The Kier molecular flexibility index (Phi) is 4.85. The molecular formula is C22H21N3O6. The highest BCUT2D eigenvalue weighted by atomic mass is 16.7. The fourth-order valence-electron chi connectivity index (χ4n) is 3.86. The third-order valence-electron chi connectivity index (χ3n) is 5.49. The van der Waals surface area contributed by atoms with Gasteiger partial charge in [-0.2, -0.15) is 4.98 Å². The summed E-state index contributed by atoms with van der Waals surface area (Å²) in [6.07, 6.45) is 0.326. The van der Waals surface area contributed by atoms with Crippen molar-refractivity contribution in [3.63, 3.8) is 0 Å². The van der Waals surface area contributed by atoms with E-state index in [1.807, 2.05) is 30.3 Å². The molecule has 1 atom stereocenters. The minimum absolute atomic E-state index is 0.0318. The number of benzene rings is 2. The van der Waals surface area contributed by atoms with E-state index >= 15 is 0 Å². The molecule has 0 bridgehead atoms. The van der Waals surface area contributed by atoms with Gasteiger partial charge in [0.25, 0.3) is 5.89 Å². The van der Waals surface area contributed by atoms with Gasteiger partial charge in [-0.15, -0.1) is 0 Å². The van der Waals surface area contributed by atoms with Crippen LogP contribution in [0.1, 0.15) is 23.7 Å². The first-order valence-electron chi connectivity index (χ1n) is 9.87. The van der Waals surface area contributed by atoms with E-state index in [1.54, 1.807) is 25.2 Å². The van der Waals surface area contributed by atoms with Crippen molar-refractivity contribution in [3.05, 3.63) is 47.8 Å². The summed E-state index contributed by atoms with van der Waals surface area (Å²) in [6.45, 7) is 1.12. The summed E-state index contributed by atoms with van der Waals surface area (Å²) >= 11 is 0. The summed E-state index contributed by atoms with van der Waals surface area (Å²) in [5.74, 6) is 3.54. The fraction of sp³-hybridized carbons (Fsp3) is 0.318. The number of fused-ring (bicyclic) bond motifs is 1. The minimum atomic E-state index is -0.143. The van der Waals surface area contributed by atoms with Gasteiger partial charge in [-0.05, 0) is 36.4 Å². The normalized spacial score (nSPS) is 17.3. The summed E-state index contributed by atoms with van der Waals surface area (Å²) in [6, 6.07) is 11.0. The van der Waals surface area contributed by atoms with E-state index in [0.29, 0.717) is 54.2 Å². The number of ether oxygens (including phenoxy) is 4. The van der Waals surface area contributed by atoms with Gasteiger partial charge in [0.15, 0.2) is 17.3 Å². The topological polar surface area (TPSA) is 96.2 Å². The highest BCUT2D eigenvalue weighted by Crippen LogP contribution is 2.36. The molecule has 2 aliphatic rings. The summed E-state index contributed by atoms with van der Waals surface area (Å²) in [5.41, 5.74) is 1.62. The van der Waals surface area contributed by atoms with Crippen LogP contribution >= 0.6 is 0 Å². The molecule has 0 saturated carbocycles. The second-order valence-corrected chi connectivity index (χ2v) is 7.38. The number of hydrogen-bond donors (Lipinski definition) is 0. The average Bonchev–Trinajstić information content (AvgIpc) is 3.53. The molecule has 0 radical (unpaired) electrons. The molecule has 2 aliphatic heterocycles. The maximum atomic E-state index is 12.7. The summed E-state index contributed by atoms with van der Waals surface area (Å²) in [7, 11) is 3.22. The summed E-state index contributed by atoms with van der Waals surface area (Å²) < 4.78 is 26.9. The molecule has 9 heteroatoms. The Morgan fingerprint density at radius 1 is 1.10 bits per heavy atom. The monoisotopic (exact) mass is 423 g/mol. The number of methoxy groups -OCH3 is 2. The third-order valence-corrected chi connectivity index (χ3v) is 5.49. The van der Waals surface area contributed by atoms with Crippen LogP contribution in [0.25, 0.3) is 11.5 Å². The Morgan fingerprint density at radius 2 is 1.97 bits per heavy atom. The van der Waals surface area contributed by atoms with E-state index in [4.69, 9.17) is 23.5 Å². The smallest absolute Gasteiger partial charge is 0.258 e. The molecule has 9 nitrogen and oxygen atoms in total. The molecule has 1 fully saturated rings. The van der Waals surface area contributed by atoms with E-state index in [1.165, 1.54) is 0 Å². The first-order chi connectivity index (χ1) is 15.1. The van der Waals surface area contributed by atoms with Crippen molar-refractivity contribution >= 4 is 5.91 Å². The van der Waals surface area contributed by atoms with Crippen LogP contribution in [-0.4, -0.2) is 48.5 Å². The lowest BCUT2D eigenvalue weighted by Gasteiger charge is -2.18. The van der Waals surface area contributed by atoms with Gasteiger partial charge < -0.3 is 28.4 Å². The Bertz CT molecular complexity index is 1130. The van der Waals surface area contributed by atoms with Gasteiger partial charge in [0.2, 0.25) is 12.7 Å². The second-order valence-electron chi connectivity index (χ2n) is 7.38. The molecule has 1 unspecified atom stereocenters. The van der Waals surface area contributed by atoms with Crippen molar-refractivity contribution in [2.75, 3.05) is 27.6 Å². The lowest BCUT2D eigenvalue weighted by Crippen LogP contribution is -2.24. The van der Waals surface area contributed by atoms with Crippen molar-refractivity contribution in [1.29, 1.82) is 0 Å². The van der Waals surface area contributed by atoms with Crippen molar-refractivity contribution < 1.29 is 28.3 Å². The van der Waals surface area contributed by atoms with Crippen LogP contribution in [0.3, 0.4) is 0 Å². The van der Waals surface area contributed by atoms with Crippen molar-refractivity contribution in [1.82, 2.24) is 15.0 Å². The van der Waals surface area contributed by atoms with E-state index in [-0.39, 0.29) is 18.6 Å². The van der Waals surface area contributed by atoms with Gasteiger partial charge in [0, 0.05) is 36.6 Å². The third kappa shape index (κ3) is 3.63. The molecule has 0 aliphatic carbocycles. The van der Waals surface area contributed by atoms with Crippen LogP contribution < -0.4 is 18.9 Å². The average molecular weight is 423 g/mol. The zero-order valence-corrected chi connectivity index (χ0v) is 17.2. The van der Waals surface area contributed by atoms with Gasteiger partial charge in [-0.1, -0.05) is 5.16 Å². The molecule has 160 valence electrons. The van der Waals surface area contributed by atoms with E-state index in [0.717, 1.165) is 11.1 Å². The van der Waals surface area contributed by atoms with Gasteiger partial charge in [0.05, 0.1) is 14.2 Å². The number of amides is 1. The molecule has 2 aromatic carbocycles. The largest absolute Gasteiger partial charge is 0.497 e. The SMILES string of the molecule is COc1ccc(OC)c(CN2CC(c3noc(-c4ccc5c(c4)OCO5)n3)CC2=O)c1. The van der Waals surface area contributed by atoms with Crippen LogP contribution in [0.5, 0.6) is 23.0 Å². The quantitative estimate of drug-likeness (QED) is 0.597. The van der Waals surface area contributed by atoms with E-state index in [2.05, 4.69) is 10.1 Å². The number of carbonyl (C=O) groups excluding carboxylic acids is 1. The van der Waals surface area contributed by atoms with Crippen molar-refractivity contribution in [2.45, 2.75) is 18.9 Å². The number of likely N-dealkylation sites (tertiary alicyclic amines) is 1. The predicted molar refractivity (Wildman–Crippen MR) is 108 cm³/mol. The van der Waals surface area contributed by atoms with Crippen LogP contribution in [0, 0.1) is 0 Å². The Labute approximate surface area is 178 Å². The van der Waals surface area contributed by atoms with Crippen LogP contribution in [0.4, 0.5) is 0 Å². The molecule has 31 heavy (non-hydrogen) atoms. The molecule has 3 aromatic rings. The highest BCUT2D eigenvalue weighted by molar-refractivity contribution is 5.79. The van der Waals surface area contributed by atoms with Crippen LogP contribution in [-0.2, 0) is 11.3 Å². The molecule has 1 aromatic heterocycles. The van der Waals surface area contributed by atoms with Crippen LogP contribution in [0.15, 0.2) is 40.9 Å². The van der Waals surface area contributed by atoms with Gasteiger partial charge >= 0.3 is 0 Å². The molecule has 5 rings (SSSR count). The molecular weight excluding hydrogens is 402 g/mol. The van der Waals surface area contributed by atoms with Crippen molar-refractivity contribution in [2.24, 2.45) is 0 Å². The first-order valence-corrected chi connectivity index (χ1v) is 9.87. The maximum absolute atomic E-state index is 12.7. The second kappa shape index (κ2) is 7.82. The number of nitrogens with zero attached hydrogens (tertiary/aromatic N) is 3.